The van der Waals surface area contributed by atoms with Crippen molar-refractivity contribution in [2.24, 2.45) is 0 Å². The van der Waals surface area contributed by atoms with Gasteiger partial charge >= 0.3 is 5.97 Å². The summed E-state index contributed by atoms with van der Waals surface area (Å²) in [4.78, 5) is 28.8. The molecule has 0 saturated heterocycles. The molecule has 2 heterocycles. The minimum Gasteiger partial charge on any atom is -0.497 e. The average molecular weight is 356 g/mol. The molecule has 0 atom stereocenters. The first kappa shape index (κ1) is 16.9. The van der Waals surface area contributed by atoms with Gasteiger partial charge in [-0.05, 0) is 30.7 Å². The van der Waals surface area contributed by atoms with Gasteiger partial charge in [-0.2, -0.15) is 0 Å². The molecule has 0 radical (unpaired) electrons. The van der Waals surface area contributed by atoms with Gasteiger partial charge in [-0.1, -0.05) is 12.1 Å². The number of carbonyl (C=O) groups excluding carboxylic acids is 1. The highest BCUT2D eigenvalue weighted by atomic mass is 32.1. The molecule has 0 aliphatic rings. The molecule has 0 saturated carbocycles. The highest BCUT2D eigenvalue weighted by molar-refractivity contribution is 7.15. The van der Waals surface area contributed by atoms with Crippen LogP contribution in [0.4, 0.5) is 0 Å². The first-order chi connectivity index (χ1) is 12.1. The van der Waals surface area contributed by atoms with Gasteiger partial charge in [-0.25, -0.2) is 9.78 Å². The van der Waals surface area contributed by atoms with Crippen molar-refractivity contribution in [2.45, 2.75) is 13.5 Å². The molecule has 128 valence electrons. The second kappa shape index (κ2) is 7.31. The van der Waals surface area contributed by atoms with E-state index in [0.717, 1.165) is 11.3 Å². The summed E-state index contributed by atoms with van der Waals surface area (Å²) in [6.45, 7) is 1.79. The standard InChI is InChI=1S/C18H16N2O4S/c1-12-11-25-18-19-14(9-16(21)20(12)18)10-24-17(22)7-6-13-4-3-5-15(8-13)23-2/h3-9,11H,10H2,1-2H3/b7-6+. The van der Waals surface area contributed by atoms with Crippen molar-refractivity contribution in [1.82, 2.24) is 9.38 Å². The van der Waals surface area contributed by atoms with Crippen molar-refractivity contribution in [3.8, 4) is 5.75 Å². The van der Waals surface area contributed by atoms with Crippen LogP contribution < -0.4 is 10.3 Å². The topological polar surface area (TPSA) is 69.9 Å². The Morgan fingerprint density at radius 3 is 3.00 bits per heavy atom. The van der Waals surface area contributed by atoms with Gasteiger partial charge in [0.05, 0.1) is 12.8 Å². The fourth-order valence-corrected chi connectivity index (χ4v) is 3.17. The van der Waals surface area contributed by atoms with Crippen molar-refractivity contribution < 1.29 is 14.3 Å². The van der Waals surface area contributed by atoms with E-state index in [-0.39, 0.29) is 12.2 Å². The first-order valence-corrected chi connectivity index (χ1v) is 8.40. The van der Waals surface area contributed by atoms with Crippen LogP contribution in [0.2, 0.25) is 0 Å². The molecule has 6 nitrogen and oxygen atoms in total. The Balaban J connectivity index is 1.66. The van der Waals surface area contributed by atoms with Gasteiger partial charge in [-0.15, -0.1) is 11.3 Å². The summed E-state index contributed by atoms with van der Waals surface area (Å²) in [7, 11) is 1.58. The third-order valence-electron chi connectivity index (χ3n) is 3.50. The molecule has 3 aromatic rings. The average Bonchev–Trinajstić information content (AvgIpc) is 3.00. The summed E-state index contributed by atoms with van der Waals surface area (Å²) in [6, 6.07) is 8.69. The van der Waals surface area contributed by atoms with Crippen LogP contribution in [0, 0.1) is 6.92 Å². The third kappa shape index (κ3) is 3.95. The Morgan fingerprint density at radius 1 is 1.36 bits per heavy atom. The molecule has 0 spiro atoms. The summed E-state index contributed by atoms with van der Waals surface area (Å²) < 4.78 is 11.8. The molecule has 25 heavy (non-hydrogen) atoms. The summed E-state index contributed by atoms with van der Waals surface area (Å²) in [5.74, 6) is 0.201. The van der Waals surface area contributed by atoms with E-state index in [1.165, 1.54) is 27.9 Å². The van der Waals surface area contributed by atoms with Crippen LogP contribution in [0.3, 0.4) is 0 Å². The highest BCUT2D eigenvalue weighted by Gasteiger charge is 2.07. The number of aromatic nitrogens is 2. The lowest BCUT2D eigenvalue weighted by atomic mass is 10.2. The summed E-state index contributed by atoms with van der Waals surface area (Å²) in [5, 5.41) is 1.86. The van der Waals surface area contributed by atoms with E-state index < -0.39 is 5.97 Å². The van der Waals surface area contributed by atoms with Gasteiger partial charge in [0, 0.05) is 23.2 Å². The largest absolute Gasteiger partial charge is 0.497 e. The maximum Gasteiger partial charge on any atom is 0.331 e. The molecule has 3 rings (SSSR count). The van der Waals surface area contributed by atoms with Crippen LogP contribution in [-0.4, -0.2) is 22.5 Å². The number of thiazole rings is 1. The minimum absolute atomic E-state index is 0.0516. The number of fused-ring (bicyclic) bond motifs is 1. The number of rotatable bonds is 5. The van der Waals surface area contributed by atoms with Gasteiger partial charge in [0.1, 0.15) is 12.4 Å². The Morgan fingerprint density at radius 2 is 2.20 bits per heavy atom. The van der Waals surface area contributed by atoms with Gasteiger partial charge in [0.2, 0.25) is 0 Å². The lowest BCUT2D eigenvalue weighted by molar-refractivity contribution is -0.139. The number of ether oxygens (including phenoxy) is 2. The molecule has 0 unspecified atom stereocenters. The molecule has 0 amide bonds. The van der Waals surface area contributed by atoms with Crippen molar-refractivity contribution >= 4 is 28.3 Å². The van der Waals surface area contributed by atoms with Gasteiger partial charge in [-0.3, -0.25) is 9.20 Å². The van der Waals surface area contributed by atoms with Gasteiger partial charge in [0.15, 0.2) is 4.96 Å². The number of benzene rings is 1. The van der Waals surface area contributed by atoms with E-state index in [4.69, 9.17) is 9.47 Å². The number of esters is 1. The van der Waals surface area contributed by atoms with Crippen molar-refractivity contribution in [3.05, 3.63) is 69.1 Å². The van der Waals surface area contributed by atoms with E-state index in [2.05, 4.69) is 4.98 Å². The maximum atomic E-state index is 12.1. The van der Waals surface area contributed by atoms with E-state index in [0.29, 0.717) is 16.4 Å². The minimum atomic E-state index is -0.507. The molecule has 0 N–H and O–H groups in total. The molecule has 7 heteroatoms. The quantitative estimate of drug-likeness (QED) is 0.519. The first-order valence-electron chi connectivity index (χ1n) is 7.52. The Kier molecular flexibility index (Phi) is 4.95. The van der Waals surface area contributed by atoms with Gasteiger partial charge in [0.25, 0.3) is 5.56 Å². The smallest absolute Gasteiger partial charge is 0.331 e. The molecule has 0 aliphatic heterocycles. The number of nitrogens with zero attached hydrogens (tertiary/aromatic N) is 2. The zero-order valence-electron chi connectivity index (χ0n) is 13.8. The summed E-state index contributed by atoms with van der Waals surface area (Å²) in [6.07, 6.45) is 2.97. The van der Waals surface area contributed by atoms with Crippen LogP contribution in [-0.2, 0) is 16.1 Å². The molecule has 0 fully saturated rings. The normalized spacial score (nSPS) is 11.1. The zero-order valence-corrected chi connectivity index (χ0v) is 14.6. The second-order valence-corrected chi connectivity index (χ2v) is 6.13. The monoisotopic (exact) mass is 356 g/mol. The van der Waals surface area contributed by atoms with Crippen molar-refractivity contribution in [3.63, 3.8) is 0 Å². The fraction of sp³-hybridized carbons (Fsp3) is 0.167. The highest BCUT2D eigenvalue weighted by Crippen LogP contribution is 2.14. The lowest BCUT2D eigenvalue weighted by Crippen LogP contribution is -2.16. The van der Waals surface area contributed by atoms with Gasteiger partial charge < -0.3 is 9.47 Å². The third-order valence-corrected chi connectivity index (χ3v) is 4.44. The molecule has 0 bridgehead atoms. The number of methoxy groups -OCH3 is 1. The Labute approximate surface area is 148 Å². The fourth-order valence-electron chi connectivity index (χ4n) is 2.28. The predicted octanol–water partition coefficient (Wildman–Crippen LogP) is 2.83. The molecule has 1 aromatic carbocycles. The predicted molar refractivity (Wildman–Crippen MR) is 95.9 cm³/mol. The summed E-state index contributed by atoms with van der Waals surface area (Å²) >= 11 is 1.37. The van der Waals surface area contributed by atoms with Crippen molar-refractivity contribution in [1.29, 1.82) is 0 Å². The van der Waals surface area contributed by atoms with Crippen LogP contribution in [0.1, 0.15) is 17.0 Å². The number of aryl methyl sites for hydroxylation is 1. The van der Waals surface area contributed by atoms with E-state index in [1.807, 2.05) is 30.5 Å². The molecule has 0 aliphatic carbocycles. The number of hydrogen-bond donors (Lipinski definition) is 0. The van der Waals surface area contributed by atoms with Crippen LogP contribution in [0.5, 0.6) is 5.75 Å². The zero-order chi connectivity index (χ0) is 17.8. The molecular formula is C18H16N2O4S. The van der Waals surface area contributed by atoms with Crippen LogP contribution >= 0.6 is 11.3 Å². The number of carbonyl (C=O) groups is 1. The molecular weight excluding hydrogens is 340 g/mol. The maximum absolute atomic E-state index is 12.1. The molecule has 2 aromatic heterocycles. The van der Waals surface area contributed by atoms with Crippen LogP contribution in [0.25, 0.3) is 11.0 Å². The number of hydrogen-bond acceptors (Lipinski definition) is 6. The van der Waals surface area contributed by atoms with Crippen LogP contribution in [0.15, 0.2) is 46.6 Å². The van der Waals surface area contributed by atoms with Crippen molar-refractivity contribution in [2.75, 3.05) is 7.11 Å². The van der Waals surface area contributed by atoms with E-state index in [1.54, 1.807) is 19.3 Å². The summed E-state index contributed by atoms with van der Waals surface area (Å²) in [5.41, 5.74) is 1.90. The lowest BCUT2D eigenvalue weighted by Gasteiger charge is -2.03. The Hall–Kier alpha value is -2.93. The second-order valence-electron chi connectivity index (χ2n) is 5.30. The van der Waals surface area contributed by atoms with E-state index in [9.17, 15) is 9.59 Å². The SMILES string of the molecule is COc1cccc(/C=C/C(=O)OCc2cc(=O)n3c(C)csc3n2)c1. The Bertz CT molecular complexity index is 1000. The van der Waals surface area contributed by atoms with E-state index >= 15 is 0 Å².